The molecule has 1 N–H and O–H groups in total. The summed E-state index contributed by atoms with van der Waals surface area (Å²) in [5.41, 5.74) is 0.848. The van der Waals surface area contributed by atoms with E-state index in [4.69, 9.17) is 0 Å². The zero-order valence-electron chi connectivity index (χ0n) is 10.5. The lowest BCUT2D eigenvalue weighted by Gasteiger charge is -2.34. The van der Waals surface area contributed by atoms with Crippen LogP contribution in [-0.2, 0) is 0 Å². The Kier molecular flexibility index (Phi) is 6.84. The van der Waals surface area contributed by atoms with Gasteiger partial charge in [0.2, 0.25) is 0 Å². The summed E-state index contributed by atoms with van der Waals surface area (Å²) in [7, 11) is 0. The molecule has 0 aromatic heterocycles. The fraction of sp³-hybridized carbons (Fsp3) is 0.538. The molecule has 1 fully saturated rings. The van der Waals surface area contributed by atoms with Crippen molar-refractivity contribution in [2.24, 2.45) is 0 Å². The van der Waals surface area contributed by atoms with Gasteiger partial charge < -0.3 is 5.32 Å². The molecule has 2 rings (SSSR count). The summed E-state index contributed by atoms with van der Waals surface area (Å²) in [5.74, 6) is -0.0733. The van der Waals surface area contributed by atoms with Crippen molar-refractivity contribution < 1.29 is 4.39 Å². The normalized spacial score (nSPS) is 18.2. The van der Waals surface area contributed by atoms with Crippen molar-refractivity contribution in [3.05, 3.63) is 33.1 Å². The van der Waals surface area contributed by atoms with Crippen LogP contribution in [0.2, 0.25) is 0 Å². The maximum absolute atomic E-state index is 13.9. The molecule has 1 aliphatic heterocycles. The fourth-order valence-electron chi connectivity index (χ4n) is 2.44. The number of piperazine rings is 1. The predicted octanol–water partition coefficient (Wildman–Crippen LogP) is 3.21. The molecule has 0 radical (unpaired) electrons. The van der Waals surface area contributed by atoms with Crippen LogP contribution in [0.25, 0.3) is 0 Å². The number of rotatable bonds is 3. The van der Waals surface area contributed by atoms with E-state index in [2.05, 4.69) is 39.7 Å². The highest BCUT2D eigenvalue weighted by atomic mass is 127. The zero-order valence-corrected chi connectivity index (χ0v) is 13.4. The van der Waals surface area contributed by atoms with E-state index in [1.165, 1.54) is 0 Å². The van der Waals surface area contributed by atoms with Crippen LogP contribution in [0.1, 0.15) is 24.9 Å². The van der Waals surface area contributed by atoms with Gasteiger partial charge in [-0.05, 0) is 47.2 Å². The number of nitrogens with one attached hydrogen (secondary N) is 1. The van der Waals surface area contributed by atoms with E-state index in [1.54, 1.807) is 6.07 Å². The molecule has 1 aliphatic rings. The zero-order chi connectivity index (χ0) is 12.3. The molecule has 1 atom stereocenters. The monoisotopic (exact) mass is 384 g/mol. The van der Waals surface area contributed by atoms with E-state index in [9.17, 15) is 4.39 Å². The first-order valence-corrected chi connectivity index (χ1v) is 7.20. The van der Waals surface area contributed by atoms with Crippen LogP contribution < -0.4 is 5.32 Å². The van der Waals surface area contributed by atoms with Crippen molar-refractivity contribution in [2.75, 3.05) is 26.2 Å². The Morgan fingerprint density at radius 2 is 2.06 bits per heavy atom. The number of hydrogen-bond acceptors (Lipinski definition) is 2. The molecule has 18 heavy (non-hydrogen) atoms. The van der Waals surface area contributed by atoms with Gasteiger partial charge in [-0.1, -0.05) is 6.92 Å². The van der Waals surface area contributed by atoms with Gasteiger partial charge in [0.1, 0.15) is 5.82 Å². The van der Waals surface area contributed by atoms with Gasteiger partial charge >= 0.3 is 0 Å². The predicted molar refractivity (Wildman–Crippen MR) is 83.8 cm³/mol. The average Bonchev–Trinajstić information content (AvgIpc) is 2.36. The smallest absolute Gasteiger partial charge is 0.128 e. The van der Waals surface area contributed by atoms with Crippen LogP contribution >= 0.6 is 35.0 Å². The maximum atomic E-state index is 13.9. The fourth-order valence-corrected chi connectivity index (χ4v) is 2.95. The van der Waals surface area contributed by atoms with Crippen molar-refractivity contribution in [2.45, 2.75) is 19.4 Å². The van der Waals surface area contributed by atoms with E-state index in [-0.39, 0.29) is 24.3 Å². The largest absolute Gasteiger partial charge is 0.314 e. The van der Waals surface area contributed by atoms with Crippen LogP contribution in [0.3, 0.4) is 0 Å². The summed E-state index contributed by atoms with van der Waals surface area (Å²) >= 11 is 2.25. The van der Waals surface area contributed by atoms with E-state index in [0.717, 1.165) is 41.7 Å². The van der Waals surface area contributed by atoms with Gasteiger partial charge in [-0.3, -0.25) is 4.90 Å². The first-order chi connectivity index (χ1) is 8.22. The lowest BCUT2D eigenvalue weighted by atomic mass is 10.0. The third-order valence-corrected chi connectivity index (χ3v) is 3.97. The topological polar surface area (TPSA) is 15.3 Å². The van der Waals surface area contributed by atoms with E-state index in [1.807, 2.05) is 12.1 Å². The molecule has 0 saturated carbocycles. The Hall–Kier alpha value is 0.0900. The summed E-state index contributed by atoms with van der Waals surface area (Å²) in [6.45, 7) is 6.14. The first kappa shape index (κ1) is 16.1. The molecule has 1 heterocycles. The summed E-state index contributed by atoms with van der Waals surface area (Å²) in [5, 5.41) is 3.33. The summed E-state index contributed by atoms with van der Waals surface area (Å²) in [4.78, 5) is 2.38. The van der Waals surface area contributed by atoms with Gasteiger partial charge in [0, 0.05) is 41.4 Å². The highest BCUT2D eigenvalue weighted by Crippen LogP contribution is 2.28. The number of benzene rings is 1. The molecule has 1 aromatic rings. The van der Waals surface area contributed by atoms with Crippen molar-refractivity contribution in [1.29, 1.82) is 0 Å². The van der Waals surface area contributed by atoms with E-state index in [0.29, 0.717) is 0 Å². The van der Waals surface area contributed by atoms with Gasteiger partial charge in [0.05, 0.1) is 0 Å². The average molecular weight is 385 g/mol. The molecule has 1 saturated heterocycles. The second kappa shape index (κ2) is 7.62. The first-order valence-electron chi connectivity index (χ1n) is 6.12. The minimum Gasteiger partial charge on any atom is -0.314 e. The Morgan fingerprint density at radius 3 is 2.67 bits per heavy atom. The third kappa shape index (κ3) is 3.79. The third-order valence-electron chi connectivity index (χ3n) is 3.30. The molecule has 0 unspecified atom stereocenters. The van der Waals surface area contributed by atoms with E-state index >= 15 is 0 Å². The molecule has 102 valence electrons. The van der Waals surface area contributed by atoms with Gasteiger partial charge in [-0.2, -0.15) is 0 Å². The molecular formula is C13H19ClFIN2. The van der Waals surface area contributed by atoms with Crippen LogP contribution in [0.5, 0.6) is 0 Å². The molecule has 0 bridgehead atoms. The molecule has 5 heteroatoms. The Morgan fingerprint density at radius 1 is 1.39 bits per heavy atom. The standard InChI is InChI=1S/C13H18FIN2.ClH/c1-2-13(17-7-5-16-6-8-17)11-9-10(15)3-4-12(11)14;/h3-4,9,13,16H,2,5-8H2,1H3;1H/t13-;/m1./s1. The molecule has 0 spiro atoms. The van der Waals surface area contributed by atoms with Crippen LogP contribution in [0.15, 0.2) is 18.2 Å². The van der Waals surface area contributed by atoms with E-state index < -0.39 is 0 Å². The lowest BCUT2D eigenvalue weighted by molar-refractivity contribution is 0.166. The maximum Gasteiger partial charge on any atom is 0.128 e. The SMILES string of the molecule is CC[C@H](c1cc(I)ccc1F)N1CCNCC1.Cl. The van der Waals surface area contributed by atoms with Crippen LogP contribution in [-0.4, -0.2) is 31.1 Å². The van der Waals surface area contributed by atoms with Crippen molar-refractivity contribution >= 4 is 35.0 Å². The quantitative estimate of drug-likeness (QED) is 0.805. The summed E-state index contributed by atoms with van der Waals surface area (Å²) < 4.78 is 15.0. The highest BCUT2D eigenvalue weighted by Gasteiger charge is 2.23. The molecule has 2 nitrogen and oxygen atoms in total. The molecule has 0 amide bonds. The highest BCUT2D eigenvalue weighted by molar-refractivity contribution is 14.1. The van der Waals surface area contributed by atoms with Gasteiger partial charge in [-0.25, -0.2) is 4.39 Å². The number of halogens is 3. The second-order valence-electron chi connectivity index (χ2n) is 4.38. The van der Waals surface area contributed by atoms with Crippen molar-refractivity contribution in [3.63, 3.8) is 0 Å². The summed E-state index contributed by atoms with van der Waals surface area (Å²) in [6, 6.07) is 5.60. The minimum absolute atomic E-state index is 0. The van der Waals surface area contributed by atoms with Crippen molar-refractivity contribution in [1.82, 2.24) is 10.2 Å². The summed E-state index contributed by atoms with van der Waals surface area (Å²) in [6.07, 6.45) is 0.955. The second-order valence-corrected chi connectivity index (χ2v) is 5.62. The van der Waals surface area contributed by atoms with Gasteiger partial charge in [0.15, 0.2) is 0 Å². The van der Waals surface area contributed by atoms with Crippen LogP contribution in [0.4, 0.5) is 4.39 Å². The van der Waals surface area contributed by atoms with Gasteiger partial charge in [0.25, 0.3) is 0 Å². The van der Waals surface area contributed by atoms with Crippen molar-refractivity contribution in [3.8, 4) is 0 Å². The lowest BCUT2D eigenvalue weighted by Crippen LogP contribution is -2.45. The number of nitrogens with zero attached hydrogens (tertiary/aromatic N) is 1. The number of hydrogen-bond donors (Lipinski definition) is 1. The molecule has 0 aliphatic carbocycles. The Labute approximate surface area is 128 Å². The molecule has 1 aromatic carbocycles. The molecular weight excluding hydrogens is 366 g/mol. The minimum atomic E-state index is -0.0733. The van der Waals surface area contributed by atoms with Gasteiger partial charge in [-0.15, -0.1) is 12.4 Å². The Bertz CT molecular complexity index is 383. The van der Waals surface area contributed by atoms with Crippen LogP contribution in [0, 0.1) is 9.39 Å². The Balaban J connectivity index is 0.00000162.